The molecule has 1 unspecified atom stereocenters. The van der Waals surface area contributed by atoms with Crippen molar-refractivity contribution in [1.29, 1.82) is 0 Å². The van der Waals surface area contributed by atoms with E-state index in [1.807, 2.05) is 6.08 Å². The maximum atomic E-state index is 11.6. The molecule has 14 heavy (non-hydrogen) atoms. The molecule has 1 aromatic carbocycles. The lowest BCUT2D eigenvalue weighted by Gasteiger charge is -2.16. The summed E-state index contributed by atoms with van der Waals surface area (Å²) in [6.45, 7) is 2.06. The fraction of sp³-hybridized carbons (Fsp3) is 0.308. The Morgan fingerprint density at radius 2 is 1.86 bits per heavy atom. The van der Waals surface area contributed by atoms with Gasteiger partial charge in [0.2, 0.25) is 0 Å². The fourth-order valence-electron chi connectivity index (χ4n) is 1.83. The van der Waals surface area contributed by atoms with Crippen LogP contribution in [-0.4, -0.2) is 5.78 Å². The van der Waals surface area contributed by atoms with E-state index in [0.29, 0.717) is 12.2 Å². The first-order chi connectivity index (χ1) is 6.77. The Balaban J connectivity index is 2.26. The van der Waals surface area contributed by atoms with Gasteiger partial charge in [-0.3, -0.25) is 4.79 Å². The maximum Gasteiger partial charge on any atom is 0.144 e. The number of benzene rings is 1. The molecule has 0 aliphatic heterocycles. The Hall–Kier alpha value is -1.37. The summed E-state index contributed by atoms with van der Waals surface area (Å²) in [6, 6.07) is 8.27. The van der Waals surface area contributed by atoms with Gasteiger partial charge in [0.05, 0.1) is 0 Å². The van der Waals surface area contributed by atoms with Crippen LogP contribution in [0.25, 0.3) is 0 Å². The summed E-state index contributed by atoms with van der Waals surface area (Å²) in [4.78, 5) is 11.6. The molecular formula is C13H14O. The van der Waals surface area contributed by atoms with Gasteiger partial charge in [0.1, 0.15) is 5.78 Å². The average Bonchev–Trinajstić information content (AvgIpc) is 2.20. The highest BCUT2D eigenvalue weighted by molar-refractivity contribution is 5.88. The summed E-state index contributed by atoms with van der Waals surface area (Å²) >= 11 is 0. The number of Topliss-reactive ketones (excluding diaryl/α,β-unsaturated/α-hetero) is 1. The van der Waals surface area contributed by atoms with Gasteiger partial charge < -0.3 is 0 Å². The van der Waals surface area contributed by atoms with Crippen LogP contribution < -0.4 is 0 Å². The average molecular weight is 186 g/mol. The minimum absolute atomic E-state index is 0.0978. The highest BCUT2D eigenvalue weighted by atomic mass is 16.1. The number of hydrogen-bond acceptors (Lipinski definition) is 1. The first kappa shape index (κ1) is 9.20. The van der Waals surface area contributed by atoms with Crippen LogP contribution >= 0.6 is 0 Å². The molecule has 0 heterocycles. The summed E-state index contributed by atoms with van der Waals surface area (Å²) in [7, 11) is 0. The molecule has 0 saturated carbocycles. The molecule has 0 saturated heterocycles. The standard InChI is InChI=1S/C13H14O/c1-10-6-8-11(9-7-10)12-4-2-3-5-13(12)14/h2-3,6-9,12H,4-5H2,1H3. The first-order valence-corrected chi connectivity index (χ1v) is 5.01. The quantitative estimate of drug-likeness (QED) is 0.616. The molecule has 0 amide bonds. The minimum Gasteiger partial charge on any atom is -0.299 e. The van der Waals surface area contributed by atoms with Gasteiger partial charge in [-0.2, -0.15) is 0 Å². The number of allylic oxidation sites excluding steroid dienone is 2. The molecule has 0 aromatic heterocycles. The van der Waals surface area contributed by atoms with Crippen molar-refractivity contribution >= 4 is 5.78 Å². The fourth-order valence-corrected chi connectivity index (χ4v) is 1.83. The van der Waals surface area contributed by atoms with Crippen molar-refractivity contribution in [2.45, 2.75) is 25.7 Å². The van der Waals surface area contributed by atoms with E-state index in [1.165, 1.54) is 5.56 Å². The number of carbonyl (C=O) groups excluding carboxylic acids is 1. The van der Waals surface area contributed by atoms with Gasteiger partial charge in [-0.25, -0.2) is 0 Å². The van der Waals surface area contributed by atoms with Crippen LogP contribution in [0.2, 0.25) is 0 Å². The zero-order chi connectivity index (χ0) is 9.97. The van der Waals surface area contributed by atoms with Crippen LogP contribution in [0, 0.1) is 6.92 Å². The topological polar surface area (TPSA) is 17.1 Å². The van der Waals surface area contributed by atoms with Gasteiger partial charge in [0.15, 0.2) is 0 Å². The normalized spacial score (nSPS) is 21.2. The van der Waals surface area contributed by atoms with Gasteiger partial charge in [-0.1, -0.05) is 42.0 Å². The second-order valence-corrected chi connectivity index (χ2v) is 3.84. The predicted molar refractivity (Wildman–Crippen MR) is 57.3 cm³/mol. The zero-order valence-corrected chi connectivity index (χ0v) is 8.36. The molecule has 72 valence electrons. The summed E-state index contributed by atoms with van der Waals surface area (Å²) in [5, 5.41) is 0. The highest BCUT2D eigenvalue weighted by Crippen LogP contribution is 2.26. The first-order valence-electron chi connectivity index (χ1n) is 5.01. The summed E-state index contributed by atoms with van der Waals surface area (Å²) < 4.78 is 0. The Morgan fingerprint density at radius 1 is 1.14 bits per heavy atom. The Bertz CT molecular complexity index is 359. The van der Waals surface area contributed by atoms with Crippen molar-refractivity contribution in [2.24, 2.45) is 0 Å². The molecule has 1 atom stereocenters. The molecule has 2 rings (SSSR count). The van der Waals surface area contributed by atoms with Crippen LogP contribution in [0.15, 0.2) is 36.4 Å². The second-order valence-electron chi connectivity index (χ2n) is 3.84. The molecule has 1 aliphatic rings. The van der Waals surface area contributed by atoms with E-state index < -0.39 is 0 Å². The summed E-state index contributed by atoms with van der Waals surface area (Å²) in [6.07, 6.45) is 5.53. The van der Waals surface area contributed by atoms with E-state index >= 15 is 0 Å². The van der Waals surface area contributed by atoms with Gasteiger partial charge >= 0.3 is 0 Å². The molecule has 1 nitrogen and oxygen atoms in total. The number of aryl methyl sites for hydroxylation is 1. The third-order valence-electron chi connectivity index (χ3n) is 2.73. The second kappa shape index (κ2) is 3.79. The SMILES string of the molecule is Cc1ccc(C2CC=CCC2=O)cc1. The lowest BCUT2D eigenvalue weighted by Crippen LogP contribution is -2.13. The maximum absolute atomic E-state index is 11.6. The van der Waals surface area contributed by atoms with E-state index in [-0.39, 0.29) is 5.92 Å². The molecular weight excluding hydrogens is 172 g/mol. The zero-order valence-electron chi connectivity index (χ0n) is 8.36. The van der Waals surface area contributed by atoms with Crippen LogP contribution in [-0.2, 0) is 4.79 Å². The monoisotopic (exact) mass is 186 g/mol. The molecule has 0 bridgehead atoms. The van der Waals surface area contributed by atoms with Crippen molar-refractivity contribution < 1.29 is 4.79 Å². The predicted octanol–water partition coefficient (Wildman–Crippen LogP) is 3.00. The molecule has 1 aromatic rings. The summed E-state index contributed by atoms with van der Waals surface area (Å²) in [5.74, 6) is 0.442. The van der Waals surface area contributed by atoms with Crippen LogP contribution in [0.4, 0.5) is 0 Å². The van der Waals surface area contributed by atoms with Gasteiger partial charge in [0.25, 0.3) is 0 Å². The minimum atomic E-state index is 0.0978. The summed E-state index contributed by atoms with van der Waals surface area (Å²) in [5.41, 5.74) is 2.40. The van der Waals surface area contributed by atoms with Gasteiger partial charge in [-0.05, 0) is 18.9 Å². The Labute approximate surface area is 84.5 Å². The van der Waals surface area contributed by atoms with E-state index in [2.05, 4.69) is 37.3 Å². The molecule has 1 aliphatic carbocycles. The molecule has 0 fully saturated rings. The van der Waals surface area contributed by atoms with Crippen molar-refractivity contribution in [1.82, 2.24) is 0 Å². The van der Waals surface area contributed by atoms with Crippen molar-refractivity contribution in [3.8, 4) is 0 Å². The highest BCUT2D eigenvalue weighted by Gasteiger charge is 2.20. The van der Waals surface area contributed by atoms with Gasteiger partial charge in [-0.15, -0.1) is 0 Å². The lowest BCUT2D eigenvalue weighted by molar-refractivity contribution is -0.119. The smallest absolute Gasteiger partial charge is 0.144 e. The van der Waals surface area contributed by atoms with Crippen LogP contribution in [0.1, 0.15) is 29.9 Å². The third-order valence-corrected chi connectivity index (χ3v) is 2.73. The molecule has 0 N–H and O–H groups in total. The number of carbonyl (C=O) groups is 1. The van der Waals surface area contributed by atoms with E-state index in [9.17, 15) is 4.79 Å². The van der Waals surface area contributed by atoms with Gasteiger partial charge in [0, 0.05) is 12.3 Å². The van der Waals surface area contributed by atoms with Crippen molar-refractivity contribution in [3.05, 3.63) is 47.5 Å². The van der Waals surface area contributed by atoms with Crippen molar-refractivity contribution in [2.75, 3.05) is 0 Å². The molecule has 0 spiro atoms. The van der Waals surface area contributed by atoms with E-state index in [1.54, 1.807) is 0 Å². The number of hydrogen-bond donors (Lipinski definition) is 0. The molecule has 1 heteroatoms. The molecule has 0 radical (unpaired) electrons. The Kier molecular flexibility index (Phi) is 2.49. The number of ketones is 1. The van der Waals surface area contributed by atoms with Crippen LogP contribution in [0.5, 0.6) is 0 Å². The lowest BCUT2D eigenvalue weighted by atomic mass is 9.86. The van der Waals surface area contributed by atoms with Crippen LogP contribution in [0.3, 0.4) is 0 Å². The van der Waals surface area contributed by atoms with E-state index in [4.69, 9.17) is 0 Å². The van der Waals surface area contributed by atoms with E-state index in [0.717, 1.165) is 12.0 Å². The van der Waals surface area contributed by atoms with Crippen molar-refractivity contribution in [3.63, 3.8) is 0 Å². The third kappa shape index (κ3) is 1.77. The largest absolute Gasteiger partial charge is 0.299 e. The number of rotatable bonds is 1. The Morgan fingerprint density at radius 3 is 2.50 bits per heavy atom.